The van der Waals surface area contributed by atoms with E-state index in [1.807, 2.05) is 0 Å². The Morgan fingerprint density at radius 3 is 2.72 bits per heavy atom. The highest BCUT2D eigenvalue weighted by atomic mass is 32.2. The fourth-order valence-electron chi connectivity index (χ4n) is 2.66. The van der Waals surface area contributed by atoms with Gasteiger partial charge in [-0.25, -0.2) is 22.0 Å². The third kappa shape index (κ3) is 3.72. The van der Waals surface area contributed by atoms with Crippen LogP contribution in [0.1, 0.15) is 12.2 Å². The Balaban J connectivity index is 1.78. The Morgan fingerprint density at radius 1 is 1.24 bits per heavy atom. The number of hydrogen-bond acceptors (Lipinski definition) is 5. The van der Waals surface area contributed by atoms with Crippen LogP contribution in [0.5, 0.6) is 5.75 Å². The molecule has 1 aliphatic rings. The molecule has 1 fully saturated rings. The summed E-state index contributed by atoms with van der Waals surface area (Å²) in [7, 11) is -4.18. The van der Waals surface area contributed by atoms with Crippen LogP contribution in [-0.2, 0) is 10.0 Å². The lowest BCUT2D eigenvalue weighted by Gasteiger charge is -2.17. The molecular formula is C16H15F2NO5S. The highest BCUT2D eigenvalue weighted by Gasteiger charge is 2.35. The van der Waals surface area contributed by atoms with Gasteiger partial charge in [-0.05, 0) is 31.5 Å². The Kier molecular flexibility index (Phi) is 4.61. The minimum Gasteiger partial charge on any atom is -0.489 e. The first kappa shape index (κ1) is 17.6. The molecule has 9 heteroatoms. The van der Waals surface area contributed by atoms with Crippen LogP contribution < -0.4 is 10.4 Å². The van der Waals surface area contributed by atoms with Crippen molar-refractivity contribution in [1.82, 2.24) is 4.31 Å². The molecule has 0 unspecified atom stereocenters. The van der Waals surface area contributed by atoms with Crippen LogP contribution in [0.25, 0.3) is 0 Å². The molecule has 1 atom stereocenters. The molecule has 2 aromatic rings. The molecule has 0 spiro atoms. The highest BCUT2D eigenvalue weighted by Crippen LogP contribution is 2.26. The van der Waals surface area contributed by atoms with Gasteiger partial charge in [0.1, 0.15) is 34.1 Å². The standard InChI is InChI=1S/C16H15F2NO5S/c1-10-6-13(8-16(20)23-10)24-12-4-5-19(9-12)25(21,22)15-7-11(17)2-3-14(15)18/h2-3,6-8,12H,4-5,9H2,1H3/t12-/m0/s1. The lowest BCUT2D eigenvalue weighted by molar-refractivity contribution is 0.213. The van der Waals surface area contributed by atoms with E-state index < -0.39 is 38.3 Å². The molecule has 1 aromatic heterocycles. The van der Waals surface area contributed by atoms with Crippen molar-refractivity contribution in [3.63, 3.8) is 0 Å². The molecule has 3 rings (SSSR count). The Labute approximate surface area is 142 Å². The van der Waals surface area contributed by atoms with E-state index in [0.29, 0.717) is 18.2 Å². The van der Waals surface area contributed by atoms with Crippen molar-refractivity contribution in [2.24, 2.45) is 0 Å². The van der Waals surface area contributed by atoms with E-state index in [0.717, 1.165) is 22.5 Å². The highest BCUT2D eigenvalue weighted by molar-refractivity contribution is 7.89. The van der Waals surface area contributed by atoms with Gasteiger partial charge in [0.25, 0.3) is 0 Å². The molecule has 0 N–H and O–H groups in total. The number of nitrogens with zero attached hydrogens (tertiary/aromatic N) is 1. The van der Waals surface area contributed by atoms with Crippen LogP contribution in [-0.4, -0.2) is 31.9 Å². The van der Waals surface area contributed by atoms with Gasteiger partial charge in [-0.2, -0.15) is 4.31 Å². The first-order valence-corrected chi connectivity index (χ1v) is 8.93. The number of ether oxygens (including phenoxy) is 1. The number of rotatable bonds is 4. The summed E-state index contributed by atoms with van der Waals surface area (Å²) in [6.45, 7) is 1.66. The first-order chi connectivity index (χ1) is 11.8. The van der Waals surface area contributed by atoms with Crippen molar-refractivity contribution in [3.05, 3.63) is 58.1 Å². The van der Waals surface area contributed by atoms with Crippen molar-refractivity contribution in [1.29, 1.82) is 0 Å². The van der Waals surface area contributed by atoms with Gasteiger partial charge in [0.15, 0.2) is 0 Å². The summed E-state index contributed by atoms with van der Waals surface area (Å²) in [6.07, 6.45) is -0.150. The lowest BCUT2D eigenvalue weighted by atomic mass is 10.3. The van der Waals surface area contributed by atoms with Crippen LogP contribution in [0.4, 0.5) is 8.78 Å². The van der Waals surface area contributed by atoms with Crippen LogP contribution in [0.2, 0.25) is 0 Å². The zero-order valence-corrected chi connectivity index (χ0v) is 14.1. The monoisotopic (exact) mass is 371 g/mol. The lowest BCUT2D eigenvalue weighted by Crippen LogP contribution is -2.31. The summed E-state index contributed by atoms with van der Waals surface area (Å²) in [6, 6.07) is 4.97. The molecule has 0 aliphatic carbocycles. The van der Waals surface area contributed by atoms with Gasteiger partial charge in [-0.15, -0.1) is 0 Å². The fourth-order valence-corrected chi connectivity index (χ4v) is 4.22. The second-order valence-corrected chi connectivity index (χ2v) is 7.60. The van der Waals surface area contributed by atoms with Gasteiger partial charge in [0.2, 0.25) is 10.0 Å². The Hall–Kier alpha value is -2.26. The van der Waals surface area contributed by atoms with Crippen molar-refractivity contribution in [2.45, 2.75) is 24.3 Å². The average Bonchev–Trinajstić information content (AvgIpc) is 2.98. The van der Waals surface area contributed by atoms with E-state index in [4.69, 9.17) is 9.15 Å². The van der Waals surface area contributed by atoms with Crippen molar-refractivity contribution in [2.75, 3.05) is 13.1 Å². The summed E-state index contributed by atoms with van der Waals surface area (Å²) >= 11 is 0. The Morgan fingerprint density at radius 2 is 2.00 bits per heavy atom. The number of halogens is 2. The third-order valence-corrected chi connectivity index (χ3v) is 5.67. The molecule has 2 heterocycles. The third-order valence-electron chi connectivity index (χ3n) is 3.79. The second kappa shape index (κ2) is 6.57. The van der Waals surface area contributed by atoms with Crippen molar-refractivity contribution in [3.8, 4) is 5.75 Å². The molecule has 1 saturated heterocycles. The predicted molar refractivity (Wildman–Crippen MR) is 83.9 cm³/mol. The smallest absolute Gasteiger partial charge is 0.339 e. The summed E-state index contributed by atoms with van der Waals surface area (Å²) in [5.41, 5.74) is -0.570. The van der Waals surface area contributed by atoms with Gasteiger partial charge in [0, 0.05) is 12.6 Å². The number of benzene rings is 1. The van der Waals surface area contributed by atoms with Gasteiger partial charge < -0.3 is 9.15 Å². The van der Waals surface area contributed by atoms with Gasteiger partial charge in [0.05, 0.1) is 12.6 Å². The van der Waals surface area contributed by atoms with Crippen molar-refractivity contribution < 1.29 is 26.4 Å². The van der Waals surface area contributed by atoms with Crippen molar-refractivity contribution >= 4 is 10.0 Å². The molecule has 0 amide bonds. The van der Waals surface area contributed by atoms with Crippen LogP contribution in [0, 0.1) is 18.6 Å². The molecule has 1 aromatic carbocycles. The molecule has 25 heavy (non-hydrogen) atoms. The van der Waals surface area contributed by atoms with E-state index in [9.17, 15) is 22.0 Å². The normalized spacial score (nSPS) is 18.4. The molecule has 0 saturated carbocycles. The molecule has 0 radical (unpaired) electrons. The largest absolute Gasteiger partial charge is 0.489 e. The second-order valence-electron chi connectivity index (χ2n) is 5.69. The quantitative estimate of drug-likeness (QED) is 0.822. The van der Waals surface area contributed by atoms with E-state index in [1.165, 1.54) is 6.07 Å². The molecule has 6 nitrogen and oxygen atoms in total. The molecule has 0 bridgehead atoms. The first-order valence-electron chi connectivity index (χ1n) is 7.49. The maximum absolute atomic E-state index is 13.8. The van der Waals surface area contributed by atoms with E-state index in [2.05, 4.69) is 0 Å². The summed E-state index contributed by atoms with van der Waals surface area (Å²) in [4.78, 5) is 10.6. The predicted octanol–water partition coefficient (Wildman–Crippen LogP) is 2.07. The van der Waals surface area contributed by atoms with E-state index in [1.54, 1.807) is 6.92 Å². The number of sulfonamides is 1. The number of aryl methyl sites for hydroxylation is 1. The van der Waals surface area contributed by atoms with Crippen LogP contribution in [0.15, 0.2) is 44.4 Å². The summed E-state index contributed by atoms with van der Waals surface area (Å²) in [5, 5.41) is 0. The maximum atomic E-state index is 13.8. The minimum absolute atomic E-state index is 0.0302. The summed E-state index contributed by atoms with van der Waals surface area (Å²) < 4.78 is 63.6. The topological polar surface area (TPSA) is 76.8 Å². The maximum Gasteiger partial charge on any atom is 0.339 e. The Bertz CT molecular complexity index is 957. The zero-order valence-electron chi connectivity index (χ0n) is 13.2. The fraction of sp³-hybridized carbons (Fsp3) is 0.312. The number of hydrogen-bond donors (Lipinski definition) is 0. The summed E-state index contributed by atoms with van der Waals surface area (Å²) in [5.74, 6) is -1.21. The molecule has 134 valence electrons. The SMILES string of the molecule is Cc1cc(O[C@H]2CCN(S(=O)(=O)c3cc(F)ccc3F)C2)cc(=O)o1. The minimum atomic E-state index is -4.18. The molecular weight excluding hydrogens is 356 g/mol. The van der Waals surface area contributed by atoms with E-state index in [-0.39, 0.29) is 18.8 Å². The van der Waals surface area contributed by atoms with Gasteiger partial charge in [-0.1, -0.05) is 0 Å². The van der Waals surface area contributed by atoms with Crippen LogP contribution in [0.3, 0.4) is 0 Å². The van der Waals surface area contributed by atoms with E-state index >= 15 is 0 Å². The zero-order chi connectivity index (χ0) is 18.2. The molecule has 1 aliphatic heterocycles. The average molecular weight is 371 g/mol. The van der Waals surface area contributed by atoms with Gasteiger partial charge >= 0.3 is 5.63 Å². The van der Waals surface area contributed by atoms with Crippen LogP contribution >= 0.6 is 0 Å². The van der Waals surface area contributed by atoms with Gasteiger partial charge in [-0.3, -0.25) is 0 Å².